The molecule has 2 atom stereocenters. The Kier molecular flexibility index (Phi) is 12.5. The lowest BCUT2D eigenvalue weighted by Crippen LogP contribution is -2.31. The third-order valence-corrected chi connectivity index (χ3v) is 13.7. The molecule has 0 aliphatic carbocycles. The van der Waals surface area contributed by atoms with Gasteiger partial charge in [0.15, 0.2) is 11.6 Å². The van der Waals surface area contributed by atoms with Gasteiger partial charge >= 0.3 is 5.97 Å². The van der Waals surface area contributed by atoms with Crippen molar-refractivity contribution in [3.05, 3.63) is 125 Å². The Morgan fingerprint density at radius 2 is 1.18 bits per heavy atom. The number of rotatable bonds is 13. The molecule has 15 nitrogen and oxygen atoms in total. The number of esters is 1. The van der Waals surface area contributed by atoms with Gasteiger partial charge in [-0.15, -0.1) is 43.1 Å². The lowest BCUT2D eigenvalue weighted by atomic mass is 9.99. The molecule has 0 saturated heterocycles. The van der Waals surface area contributed by atoms with Crippen LogP contribution in [0, 0.1) is 34.6 Å². The number of methoxy groups -OCH3 is 1. The van der Waals surface area contributed by atoms with Gasteiger partial charge in [-0.2, -0.15) is 0 Å². The molecule has 2 aliphatic heterocycles. The molecular formula is C43H42Cl2N10O5S2. The number of hydrogen-bond acceptors (Lipinski definition) is 13. The number of nitrogens with zero attached hydrogens (tertiary/aromatic N) is 8. The van der Waals surface area contributed by atoms with Crippen molar-refractivity contribution in [2.75, 3.05) is 33.4 Å². The highest BCUT2D eigenvalue weighted by atomic mass is 35.5. The van der Waals surface area contributed by atoms with Gasteiger partial charge in [-0.3, -0.25) is 33.5 Å². The van der Waals surface area contributed by atoms with E-state index in [1.807, 2.05) is 66.3 Å². The maximum atomic E-state index is 13.7. The van der Waals surface area contributed by atoms with Crippen LogP contribution in [0.3, 0.4) is 0 Å². The zero-order chi connectivity index (χ0) is 43.8. The predicted molar refractivity (Wildman–Crippen MR) is 239 cm³/mol. The fourth-order valence-corrected chi connectivity index (χ4v) is 10.3. The monoisotopic (exact) mass is 912 g/mol. The van der Waals surface area contributed by atoms with Gasteiger partial charge in [0.1, 0.15) is 33.7 Å². The molecule has 320 valence electrons. The number of carbonyl (C=O) groups excluding carboxylic acids is 3. The van der Waals surface area contributed by atoms with Gasteiger partial charge in [0.05, 0.1) is 49.5 Å². The lowest BCUT2D eigenvalue weighted by molar-refractivity contribution is -0.141. The van der Waals surface area contributed by atoms with Crippen LogP contribution in [-0.2, 0) is 19.1 Å². The van der Waals surface area contributed by atoms with E-state index in [-0.39, 0.29) is 51.0 Å². The SMILES string of the molecule is COC(=O)C[C@H]1N=C(c2ccc(Cl)cc2)c2c(sc(C(=O)NCCOCCNC(=O)C[C@@H]3N=C(c4ccc(Cl)cc4)c4c(sc(C)c4C)-n4c(C)nnc43)c2C)-n2c(C)nnc21. The van der Waals surface area contributed by atoms with Crippen molar-refractivity contribution < 1.29 is 23.9 Å². The van der Waals surface area contributed by atoms with Crippen molar-refractivity contribution in [1.82, 2.24) is 40.2 Å². The van der Waals surface area contributed by atoms with E-state index in [0.717, 1.165) is 43.4 Å². The molecule has 6 heterocycles. The summed E-state index contributed by atoms with van der Waals surface area (Å²) < 4.78 is 14.7. The van der Waals surface area contributed by atoms with Crippen LogP contribution in [0.25, 0.3) is 10.0 Å². The van der Waals surface area contributed by atoms with Crippen molar-refractivity contribution in [2.45, 2.75) is 59.5 Å². The van der Waals surface area contributed by atoms with E-state index in [2.05, 4.69) is 44.9 Å². The number of aryl methyl sites for hydroxylation is 3. The fourth-order valence-electron chi connectivity index (χ4n) is 7.54. The van der Waals surface area contributed by atoms with Gasteiger partial charge in [0, 0.05) is 50.3 Å². The lowest BCUT2D eigenvalue weighted by Gasteiger charge is -2.13. The summed E-state index contributed by atoms with van der Waals surface area (Å²) >= 11 is 15.4. The summed E-state index contributed by atoms with van der Waals surface area (Å²) in [6, 6.07) is 13.5. The van der Waals surface area contributed by atoms with E-state index in [4.69, 9.17) is 42.7 Å². The molecule has 0 bridgehead atoms. The molecule has 2 amide bonds. The van der Waals surface area contributed by atoms with E-state index in [9.17, 15) is 14.4 Å². The zero-order valence-electron chi connectivity index (χ0n) is 34.7. The average molecular weight is 914 g/mol. The van der Waals surface area contributed by atoms with Gasteiger partial charge in [-0.25, -0.2) is 0 Å². The zero-order valence-corrected chi connectivity index (χ0v) is 37.9. The first-order valence-corrected chi connectivity index (χ1v) is 22.2. The highest BCUT2D eigenvalue weighted by Gasteiger charge is 2.35. The summed E-state index contributed by atoms with van der Waals surface area (Å²) in [6.45, 7) is 10.7. The van der Waals surface area contributed by atoms with Crippen molar-refractivity contribution in [1.29, 1.82) is 0 Å². The topological polar surface area (TPSA) is 180 Å². The van der Waals surface area contributed by atoms with E-state index >= 15 is 0 Å². The molecule has 0 radical (unpaired) electrons. The van der Waals surface area contributed by atoms with Gasteiger partial charge in [0.25, 0.3) is 5.91 Å². The summed E-state index contributed by atoms with van der Waals surface area (Å²) in [5.41, 5.74) is 6.59. The van der Waals surface area contributed by atoms with Gasteiger partial charge in [-0.05, 0) is 70.0 Å². The van der Waals surface area contributed by atoms with Crippen molar-refractivity contribution >= 4 is 75.1 Å². The second-order valence-corrected chi connectivity index (χ2v) is 17.9. The third-order valence-electron chi connectivity index (χ3n) is 10.7. The molecule has 6 aromatic rings. The molecule has 2 N–H and O–H groups in total. The van der Waals surface area contributed by atoms with Crippen LogP contribution >= 0.6 is 45.9 Å². The number of ether oxygens (including phenoxy) is 2. The van der Waals surface area contributed by atoms with Crippen LogP contribution < -0.4 is 10.6 Å². The Hall–Kier alpha value is -5.59. The van der Waals surface area contributed by atoms with Crippen LogP contribution in [0.2, 0.25) is 10.0 Å². The number of aliphatic imine (C=N–C) groups is 2. The maximum Gasteiger partial charge on any atom is 0.308 e. The summed E-state index contributed by atoms with van der Waals surface area (Å²) in [6.07, 6.45) is 0.00634. The summed E-state index contributed by atoms with van der Waals surface area (Å²) in [7, 11) is 1.33. The minimum Gasteiger partial charge on any atom is -0.469 e. The van der Waals surface area contributed by atoms with E-state index < -0.39 is 18.1 Å². The van der Waals surface area contributed by atoms with Crippen LogP contribution in [-0.4, -0.2) is 92.1 Å². The normalized spacial score (nSPS) is 15.3. The van der Waals surface area contributed by atoms with Crippen LogP contribution in [0.4, 0.5) is 0 Å². The highest BCUT2D eigenvalue weighted by molar-refractivity contribution is 7.17. The maximum absolute atomic E-state index is 13.7. The molecule has 2 aliphatic rings. The van der Waals surface area contributed by atoms with E-state index in [0.29, 0.717) is 54.5 Å². The number of halogens is 2. The largest absolute Gasteiger partial charge is 0.469 e. The molecule has 8 rings (SSSR count). The second-order valence-electron chi connectivity index (χ2n) is 14.8. The molecule has 4 aromatic heterocycles. The number of nitrogens with one attached hydrogen (secondary N) is 2. The molecule has 62 heavy (non-hydrogen) atoms. The molecular weight excluding hydrogens is 872 g/mol. The number of hydrogen-bond donors (Lipinski definition) is 2. The highest BCUT2D eigenvalue weighted by Crippen LogP contribution is 2.41. The van der Waals surface area contributed by atoms with Crippen LogP contribution in [0.5, 0.6) is 0 Å². The Balaban J connectivity index is 0.911. The Morgan fingerprint density at radius 3 is 1.73 bits per heavy atom. The smallest absolute Gasteiger partial charge is 0.308 e. The third kappa shape index (κ3) is 8.34. The second kappa shape index (κ2) is 18.0. The van der Waals surface area contributed by atoms with Gasteiger partial charge < -0.3 is 20.1 Å². The Bertz CT molecular complexity index is 2770. The summed E-state index contributed by atoms with van der Waals surface area (Å²) in [5, 5.41) is 26.4. The molecule has 19 heteroatoms. The minimum absolute atomic E-state index is 0.0442. The molecule has 0 fully saturated rings. The first kappa shape index (κ1) is 43.1. The quantitative estimate of drug-likeness (QED) is 0.0902. The first-order valence-electron chi connectivity index (χ1n) is 19.8. The Labute approximate surface area is 375 Å². The summed E-state index contributed by atoms with van der Waals surface area (Å²) in [4.78, 5) is 51.5. The van der Waals surface area contributed by atoms with Gasteiger partial charge in [-0.1, -0.05) is 47.5 Å². The molecule has 0 saturated carbocycles. The van der Waals surface area contributed by atoms with Gasteiger partial charge in [0.2, 0.25) is 5.91 Å². The first-order chi connectivity index (χ1) is 29.8. The number of aromatic nitrogens is 6. The van der Waals surface area contributed by atoms with E-state index in [1.165, 1.54) is 18.4 Å². The molecule has 0 unspecified atom stereocenters. The average Bonchev–Trinajstić information content (AvgIpc) is 3.96. The van der Waals surface area contributed by atoms with Crippen molar-refractivity contribution in [2.24, 2.45) is 9.98 Å². The molecule has 0 spiro atoms. The number of fused-ring (bicyclic) bond motifs is 6. The standard InChI is InChI=1S/C43H42Cl2N10O5S2/c1-21-23(3)61-42-34(21)36(26-7-11-28(44)12-8-26)48-30(39-52-50-24(4)54(39)42)19-32(56)46-15-17-60-18-16-47-41(58)38-22(2)35-37(27-9-13-29(45)14-10-27)49-31(20-33(57)59-6)40-53-51-25(5)55(40)43(35)62-38/h7-14,30-31H,15-20H2,1-6H3,(H,46,56)(H,47,58)/t30-,31+/m0/s1. The number of amides is 2. The number of benzene rings is 2. The predicted octanol–water partition coefficient (Wildman–Crippen LogP) is 7.12. The summed E-state index contributed by atoms with van der Waals surface area (Å²) in [5.74, 6) is 1.43. The number of thiophene rings is 2. The molecule has 2 aromatic carbocycles. The number of carbonyl (C=O) groups is 3. The fraction of sp³-hybridized carbons (Fsp3) is 0.326. The minimum atomic E-state index is -0.680. The van der Waals surface area contributed by atoms with E-state index in [1.54, 1.807) is 23.5 Å². The van der Waals surface area contributed by atoms with Crippen LogP contribution in [0.1, 0.15) is 96.2 Å². The van der Waals surface area contributed by atoms with Crippen molar-refractivity contribution in [3.8, 4) is 10.0 Å². The Morgan fingerprint density at radius 1 is 0.677 bits per heavy atom. The van der Waals surface area contributed by atoms with Crippen LogP contribution in [0.15, 0.2) is 58.5 Å². The van der Waals surface area contributed by atoms with Crippen molar-refractivity contribution in [3.63, 3.8) is 0 Å².